The Morgan fingerprint density at radius 3 is 2.71 bits per heavy atom. The number of nitrogens with zero attached hydrogens (tertiary/aromatic N) is 3. The quantitative estimate of drug-likeness (QED) is 0.480. The van der Waals surface area contributed by atoms with Gasteiger partial charge in [-0.05, 0) is 12.5 Å². The molecule has 0 amide bonds. The molecule has 7 heteroatoms. The van der Waals surface area contributed by atoms with Gasteiger partial charge in [-0.1, -0.05) is 13.8 Å². The van der Waals surface area contributed by atoms with E-state index in [4.69, 9.17) is 4.74 Å². The molecule has 1 aromatic carbocycles. The maximum atomic E-state index is 12.2. The van der Waals surface area contributed by atoms with Crippen LogP contribution >= 0.6 is 0 Å². The molecule has 0 radical (unpaired) electrons. The van der Waals surface area contributed by atoms with E-state index in [0.717, 1.165) is 0 Å². The summed E-state index contributed by atoms with van der Waals surface area (Å²) in [5, 5.41) is 11.0. The molecule has 0 atom stereocenters. The number of fused-ring (bicyclic) bond motifs is 1. The first kappa shape index (κ1) is 16.8. The Kier molecular flexibility index (Phi) is 6.48. The zero-order valence-electron chi connectivity index (χ0n) is 12.4. The fourth-order valence-electron chi connectivity index (χ4n) is 1.80. The molecule has 0 saturated carbocycles. The van der Waals surface area contributed by atoms with Crippen LogP contribution in [-0.2, 0) is 11.3 Å². The van der Waals surface area contributed by atoms with Crippen molar-refractivity contribution in [1.29, 1.82) is 0 Å². The highest BCUT2D eigenvalue weighted by atomic mass is 16.6. The molecule has 21 heavy (non-hydrogen) atoms. The summed E-state index contributed by atoms with van der Waals surface area (Å²) >= 11 is 0. The molecular weight excluding hydrogens is 274 g/mol. The third-order valence-corrected chi connectivity index (χ3v) is 2.77. The van der Waals surface area contributed by atoms with E-state index in [1.165, 1.54) is 29.1 Å². The van der Waals surface area contributed by atoms with Gasteiger partial charge in [0, 0.05) is 32.4 Å². The Labute approximate surface area is 122 Å². The van der Waals surface area contributed by atoms with Gasteiger partial charge in [0.15, 0.2) is 0 Å². The van der Waals surface area contributed by atoms with Gasteiger partial charge in [0.25, 0.3) is 11.2 Å². The molecule has 2 aromatic rings. The van der Waals surface area contributed by atoms with Crippen LogP contribution in [0.4, 0.5) is 5.69 Å². The van der Waals surface area contributed by atoms with Gasteiger partial charge in [-0.15, -0.1) is 0 Å². The number of hydrogen-bond donors (Lipinski definition) is 0. The lowest BCUT2D eigenvalue weighted by atomic mass is 10.2. The van der Waals surface area contributed by atoms with Gasteiger partial charge in [-0.25, -0.2) is 4.98 Å². The first-order valence-corrected chi connectivity index (χ1v) is 6.76. The summed E-state index contributed by atoms with van der Waals surface area (Å²) in [6.45, 7) is 5.01. The Balaban J connectivity index is 0.00000106. The van der Waals surface area contributed by atoms with Gasteiger partial charge >= 0.3 is 0 Å². The molecule has 0 aliphatic heterocycles. The molecule has 0 aliphatic carbocycles. The Hall–Kier alpha value is -2.28. The molecule has 0 aliphatic rings. The van der Waals surface area contributed by atoms with E-state index in [9.17, 15) is 14.9 Å². The fourth-order valence-corrected chi connectivity index (χ4v) is 1.80. The number of aryl methyl sites for hydroxylation is 1. The molecular formula is C14H19N3O4. The minimum absolute atomic E-state index is 0.110. The van der Waals surface area contributed by atoms with Crippen LogP contribution in [0, 0.1) is 10.1 Å². The summed E-state index contributed by atoms with van der Waals surface area (Å²) in [6.07, 6.45) is 2.13. The molecule has 0 spiro atoms. The highest BCUT2D eigenvalue weighted by molar-refractivity contribution is 5.79. The van der Waals surface area contributed by atoms with Crippen LogP contribution in [0.1, 0.15) is 20.3 Å². The molecule has 1 heterocycles. The monoisotopic (exact) mass is 293 g/mol. The smallest absolute Gasteiger partial charge is 0.270 e. The van der Waals surface area contributed by atoms with Gasteiger partial charge in [0.05, 0.1) is 22.2 Å². The zero-order chi connectivity index (χ0) is 15.8. The maximum absolute atomic E-state index is 12.2. The van der Waals surface area contributed by atoms with E-state index < -0.39 is 4.92 Å². The van der Waals surface area contributed by atoms with E-state index in [-0.39, 0.29) is 16.6 Å². The molecule has 1 aromatic heterocycles. The zero-order valence-corrected chi connectivity index (χ0v) is 12.4. The van der Waals surface area contributed by atoms with E-state index >= 15 is 0 Å². The Morgan fingerprint density at radius 2 is 2.10 bits per heavy atom. The number of ether oxygens (including phenoxy) is 1. The fraction of sp³-hybridized carbons (Fsp3) is 0.429. The SMILES string of the molecule is CC.COCCCn1cnc2ccc([N+](=O)[O-])cc2c1=O. The summed E-state index contributed by atoms with van der Waals surface area (Å²) in [5.41, 5.74) is 0.0736. The first-order valence-electron chi connectivity index (χ1n) is 6.76. The average molecular weight is 293 g/mol. The number of non-ortho nitro benzene ring substituents is 1. The van der Waals surface area contributed by atoms with E-state index in [1.54, 1.807) is 7.11 Å². The van der Waals surface area contributed by atoms with Crippen molar-refractivity contribution >= 4 is 16.6 Å². The molecule has 0 fully saturated rings. The van der Waals surface area contributed by atoms with Crippen LogP contribution in [0.5, 0.6) is 0 Å². The van der Waals surface area contributed by atoms with Crippen molar-refractivity contribution in [2.45, 2.75) is 26.8 Å². The van der Waals surface area contributed by atoms with Gasteiger partial charge in [0.1, 0.15) is 0 Å². The largest absolute Gasteiger partial charge is 0.385 e. The lowest BCUT2D eigenvalue weighted by Crippen LogP contribution is -2.21. The van der Waals surface area contributed by atoms with Crippen molar-refractivity contribution in [2.24, 2.45) is 0 Å². The van der Waals surface area contributed by atoms with Crippen molar-refractivity contribution < 1.29 is 9.66 Å². The minimum atomic E-state index is -0.527. The maximum Gasteiger partial charge on any atom is 0.270 e. The van der Waals surface area contributed by atoms with Crippen molar-refractivity contribution in [2.75, 3.05) is 13.7 Å². The highest BCUT2D eigenvalue weighted by Crippen LogP contribution is 2.16. The third-order valence-electron chi connectivity index (χ3n) is 2.77. The Morgan fingerprint density at radius 1 is 1.38 bits per heavy atom. The summed E-state index contributed by atoms with van der Waals surface area (Å²) in [4.78, 5) is 26.5. The normalized spacial score (nSPS) is 10.0. The van der Waals surface area contributed by atoms with Crippen LogP contribution in [0.15, 0.2) is 29.3 Å². The second-order valence-electron chi connectivity index (χ2n) is 4.05. The van der Waals surface area contributed by atoms with Crippen molar-refractivity contribution in [1.82, 2.24) is 9.55 Å². The minimum Gasteiger partial charge on any atom is -0.385 e. The Bertz CT molecular complexity index is 667. The summed E-state index contributed by atoms with van der Waals surface area (Å²) in [6, 6.07) is 4.08. The highest BCUT2D eigenvalue weighted by Gasteiger charge is 2.10. The molecule has 0 saturated heterocycles. The third kappa shape index (κ3) is 4.09. The number of aromatic nitrogens is 2. The van der Waals surface area contributed by atoms with Gasteiger partial charge < -0.3 is 4.74 Å². The number of nitro benzene ring substituents is 1. The number of benzene rings is 1. The van der Waals surface area contributed by atoms with E-state index in [0.29, 0.717) is 25.1 Å². The number of methoxy groups -OCH3 is 1. The standard InChI is InChI=1S/C12H13N3O4.C2H6/c1-19-6-2-5-14-8-13-11-4-3-9(15(17)18)7-10(11)12(14)16;1-2/h3-4,7-8H,2,5-6H2,1H3;1-2H3. The number of nitro groups is 1. The molecule has 0 bridgehead atoms. The van der Waals surface area contributed by atoms with Crippen molar-refractivity contribution in [3.05, 3.63) is 45.0 Å². The van der Waals surface area contributed by atoms with Crippen molar-refractivity contribution in [3.63, 3.8) is 0 Å². The molecule has 0 unspecified atom stereocenters. The number of rotatable bonds is 5. The molecule has 2 rings (SSSR count). The predicted molar refractivity (Wildman–Crippen MR) is 80.5 cm³/mol. The second-order valence-corrected chi connectivity index (χ2v) is 4.05. The summed E-state index contributed by atoms with van der Waals surface area (Å²) in [7, 11) is 1.59. The lowest BCUT2D eigenvalue weighted by molar-refractivity contribution is -0.384. The van der Waals surface area contributed by atoms with Gasteiger partial charge in [-0.2, -0.15) is 0 Å². The average Bonchev–Trinajstić information content (AvgIpc) is 2.51. The van der Waals surface area contributed by atoms with E-state index in [1.807, 2.05) is 13.8 Å². The van der Waals surface area contributed by atoms with Crippen LogP contribution in [0.25, 0.3) is 10.9 Å². The van der Waals surface area contributed by atoms with Crippen LogP contribution in [0.3, 0.4) is 0 Å². The van der Waals surface area contributed by atoms with Crippen LogP contribution in [-0.4, -0.2) is 28.2 Å². The van der Waals surface area contributed by atoms with Crippen LogP contribution in [0.2, 0.25) is 0 Å². The molecule has 7 nitrogen and oxygen atoms in total. The first-order chi connectivity index (χ1) is 10.1. The van der Waals surface area contributed by atoms with Gasteiger partial charge in [0.2, 0.25) is 0 Å². The molecule has 114 valence electrons. The summed E-state index contributed by atoms with van der Waals surface area (Å²) in [5.74, 6) is 0. The van der Waals surface area contributed by atoms with E-state index in [2.05, 4.69) is 4.98 Å². The van der Waals surface area contributed by atoms with Crippen LogP contribution < -0.4 is 5.56 Å². The van der Waals surface area contributed by atoms with Crippen molar-refractivity contribution in [3.8, 4) is 0 Å². The summed E-state index contributed by atoms with van der Waals surface area (Å²) < 4.78 is 6.35. The molecule has 0 N–H and O–H groups in total. The lowest BCUT2D eigenvalue weighted by Gasteiger charge is -2.05. The number of hydrogen-bond acceptors (Lipinski definition) is 5. The second kappa shape index (κ2) is 8.11. The topological polar surface area (TPSA) is 87.3 Å². The van der Waals surface area contributed by atoms with Gasteiger partial charge in [-0.3, -0.25) is 19.5 Å². The predicted octanol–water partition coefficient (Wildman–Crippen LogP) is 2.37.